The van der Waals surface area contributed by atoms with Gasteiger partial charge in [-0.25, -0.2) is 0 Å². The topological polar surface area (TPSA) is 24.5 Å². The summed E-state index contributed by atoms with van der Waals surface area (Å²) in [6.07, 6.45) is 2.40. The lowest BCUT2D eigenvalue weighted by atomic mass is 9.96. The molecular formula is C16H23ClN2O. The van der Waals surface area contributed by atoms with Crippen molar-refractivity contribution in [3.05, 3.63) is 34.9 Å². The van der Waals surface area contributed by atoms with Crippen molar-refractivity contribution in [3.8, 4) is 0 Å². The summed E-state index contributed by atoms with van der Waals surface area (Å²) in [4.78, 5) is 2.62. The summed E-state index contributed by atoms with van der Waals surface area (Å²) < 4.78 is 5.47. The molecule has 2 saturated heterocycles. The maximum absolute atomic E-state index is 6.15. The molecule has 2 heterocycles. The van der Waals surface area contributed by atoms with E-state index in [9.17, 15) is 0 Å². The molecule has 0 saturated carbocycles. The molecule has 0 spiro atoms. The van der Waals surface area contributed by atoms with Gasteiger partial charge in [-0.3, -0.25) is 4.90 Å². The Labute approximate surface area is 126 Å². The van der Waals surface area contributed by atoms with Gasteiger partial charge in [-0.1, -0.05) is 23.7 Å². The van der Waals surface area contributed by atoms with E-state index < -0.39 is 0 Å². The zero-order chi connectivity index (χ0) is 13.8. The third-order valence-corrected chi connectivity index (χ3v) is 4.66. The zero-order valence-electron chi connectivity index (χ0n) is 11.9. The van der Waals surface area contributed by atoms with Crippen molar-refractivity contribution < 1.29 is 4.74 Å². The summed E-state index contributed by atoms with van der Waals surface area (Å²) in [6, 6.07) is 8.75. The lowest BCUT2D eigenvalue weighted by Crippen LogP contribution is -2.48. The minimum absolute atomic E-state index is 0.449. The first kappa shape index (κ1) is 14.3. The Hall–Kier alpha value is -0.610. The third-order valence-electron chi connectivity index (χ3n) is 4.42. The molecule has 1 atom stereocenters. The van der Waals surface area contributed by atoms with Gasteiger partial charge in [0, 0.05) is 50.5 Å². The lowest BCUT2D eigenvalue weighted by Gasteiger charge is -2.39. The molecule has 0 amide bonds. The number of halogens is 1. The van der Waals surface area contributed by atoms with Crippen LogP contribution in [-0.4, -0.2) is 44.3 Å². The molecule has 3 rings (SSSR count). The van der Waals surface area contributed by atoms with Gasteiger partial charge in [-0.2, -0.15) is 0 Å². The van der Waals surface area contributed by atoms with Gasteiger partial charge in [-0.15, -0.1) is 0 Å². The molecule has 1 N–H and O–H groups in total. The van der Waals surface area contributed by atoms with Gasteiger partial charge in [0.15, 0.2) is 0 Å². The molecule has 1 unspecified atom stereocenters. The number of piperazine rings is 1. The van der Waals surface area contributed by atoms with E-state index in [4.69, 9.17) is 16.3 Å². The fourth-order valence-electron chi connectivity index (χ4n) is 3.27. The van der Waals surface area contributed by atoms with Crippen LogP contribution in [0.5, 0.6) is 0 Å². The normalized spacial score (nSPS) is 25.8. The van der Waals surface area contributed by atoms with Crippen LogP contribution in [0.3, 0.4) is 0 Å². The van der Waals surface area contributed by atoms with Gasteiger partial charge < -0.3 is 10.1 Å². The molecule has 20 heavy (non-hydrogen) atoms. The second-order valence-corrected chi connectivity index (χ2v) is 6.26. The van der Waals surface area contributed by atoms with Crippen molar-refractivity contribution in [3.63, 3.8) is 0 Å². The van der Waals surface area contributed by atoms with Crippen LogP contribution >= 0.6 is 11.6 Å². The van der Waals surface area contributed by atoms with Crippen LogP contribution in [0.1, 0.15) is 24.4 Å². The van der Waals surface area contributed by atoms with Gasteiger partial charge in [0.1, 0.15) is 0 Å². The van der Waals surface area contributed by atoms with Crippen LogP contribution in [0.15, 0.2) is 24.3 Å². The predicted molar refractivity (Wildman–Crippen MR) is 82.2 cm³/mol. The number of nitrogens with zero attached hydrogens (tertiary/aromatic N) is 1. The Morgan fingerprint density at radius 2 is 2.15 bits per heavy atom. The maximum atomic E-state index is 6.15. The van der Waals surface area contributed by atoms with E-state index in [1.165, 1.54) is 24.9 Å². The maximum Gasteiger partial charge on any atom is 0.0473 e. The molecule has 110 valence electrons. The first-order valence-electron chi connectivity index (χ1n) is 7.61. The van der Waals surface area contributed by atoms with Gasteiger partial charge in [-0.05, 0) is 36.5 Å². The average Bonchev–Trinajstić information content (AvgIpc) is 2.49. The zero-order valence-corrected chi connectivity index (χ0v) is 12.6. The molecule has 3 nitrogen and oxygen atoms in total. The monoisotopic (exact) mass is 294 g/mol. The van der Waals surface area contributed by atoms with Gasteiger partial charge >= 0.3 is 0 Å². The van der Waals surface area contributed by atoms with Crippen LogP contribution in [0.25, 0.3) is 0 Å². The summed E-state index contributed by atoms with van der Waals surface area (Å²) in [7, 11) is 0. The smallest absolute Gasteiger partial charge is 0.0473 e. The molecule has 1 aromatic rings. The first-order valence-corrected chi connectivity index (χ1v) is 7.99. The Bertz CT molecular complexity index is 434. The molecule has 2 aliphatic rings. The van der Waals surface area contributed by atoms with Crippen molar-refractivity contribution in [2.75, 3.05) is 39.4 Å². The summed E-state index contributed by atoms with van der Waals surface area (Å²) in [6.45, 7) is 6.26. The largest absolute Gasteiger partial charge is 0.381 e. The van der Waals surface area contributed by atoms with Crippen LogP contribution in [0.2, 0.25) is 5.02 Å². The number of hydrogen-bond acceptors (Lipinski definition) is 3. The molecule has 0 aliphatic carbocycles. The third kappa shape index (κ3) is 3.53. The van der Waals surface area contributed by atoms with Crippen molar-refractivity contribution in [1.29, 1.82) is 0 Å². The molecule has 0 radical (unpaired) electrons. The number of nitrogens with one attached hydrogen (secondary N) is 1. The standard InChI is InChI=1S/C16H23ClN2O/c17-15-3-1-2-14(10-15)16-11-18-6-7-19(16)12-13-4-8-20-9-5-13/h1-3,10,13,16,18H,4-9,11-12H2. The number of ether oxygens (including phenoxy) is 1. The van der Waals surface area contributed by atoms with E-state index in [0.29, 0.717) is 6.04 Å². The minimum Gasteiger partial charge on any atom is -0.381 e. The minimum atomic E-state index is 0.449. The fraction of sp³-hybridized carbons (Fsp3) is 0.625. The number of benzene rings is 1. The number of rotatable bonds is 3. The average molecular weight is 295 g/mol. The van der Waals surface area contributed by atoms with Gasteiger partial charge in [0.25, 0.3) is 0 Å². The quantitative estimate of drug-likeness (QED) is 0.928. The van der Waals surface area contributed by atoms with E-state index in [1.54, 1.807) is 0 Å². The molecule has 2 fully saturated rings. The molecule has 4 heteroatoms. The highest BCUT2D eigenvalue weighted by Gasteiger charge is 2.26. The first-order chi connectivity index (χ1) is 9.83. The van der Waals surface area contributed by atoms with E-state index in [-0.39, 0.29) is 0 Å². The SMILES string of the molecule is Clc1cccc(C2CNCCN2CC2CCOCC2)c1. The second-order valence-electron chi connectivity index (χ2n) is 5.83. The molecule has 2 aliphatic heterocycles. The lowest BCUT2D eigenvalue weighted by molar-refractivity contribution is 0.0408. The highest BCUT2D eigenvalue weighted by Crippen LogP contribution is 2.27. The van der Waals surface area contributed by atoms with E-state index >= 15 is 0 Å². The highest BCUT2D eigenvalue weighted by atomic mass is 35.5. The summed E-state index contributed by atoms with van der Waals surface area (Å²) in [5.74, 6) is 0.781. The summed E-state index contributed by atoms with van der Waals surface area (Å²) in [5.41, 5.74) is 1.33. The molecule has 0 bridgehead atoms. The predicted octanol–water partition coefficient (Wildman–Crippen LogP) is 2.71. The van der Waals surface area contributed by atoms with Crippen molar-refractivity contribution >= 4 is 11.6 Å². The second kappa shape index (κ2) is 6.90. The van der Waals surface area contributed by atoms with Crippen molar-refractivity contribution in [2.45, 2.75) is 18.9 Å². The Morgan fingerprint density at radius 3 is 2.95 bits per heavy atom. The summed E-state index contributed by atoms with van der Waals surface area (Å²) in [5, 5.41) is 4.34. The van der Waals surface area contributed by atoms with Gasteiger partial charge in [0.2, 0.25) is 0 Å². The molecular weight excluding hydrogens is 272 g/mol. The Kier molecular flexibility index (Phi) is 4.94. The molecule has 1 aromatic carbocycles. The van der Waals surface area contributed by atoms with Crippen LogP contribution in [0.4, 0.5) is 0 Å². The van der Waals surface area contributed by atoms with Gasteiger partial charge in [0.05, 0.1) is 0 Å². The van der Waals surface area contributed by atoms with E-state index in [2.05, 4.69) is 28.4 Å². The van der Waals surface area contributed by atoms with E-state index in [1.807, 2.05) is 6.07 Å². The number of hydrogen-bond donors (Lipinski definition) is 1. The van der Waals surface area contributed by atoms with Crippen LogP contribution < -0.4 is 5.32 Å². The fourth-order valence-corrected chi connectivity index (χ4v) is 3.47. The molecule has 0 aromatic heterocycles. The summed E-state index contributed by atoms with van der Waals surface area (Å²) >= 11 is 6.15. The Balaban J connectivity index is 1.70. The van der Waals surface area contributed by atoms with Crippen molar-refractivity contribution in [1.82, 2.24) is 10.2 Å². The van der Waals surface area contributed by atoms with Crippen LogP contribution in [-0.2, 0) is 4.74 Å². The highest BCUT2D eigenvalue weighted by molar-refractivity contribution is 6.30. The van der Waals surface area contributed by atoms with Crippen molar-refractivity contribution in [2.24, 2.45) is 5.92 Å². The van der Waals surface area contributed by atoms with E-state index in [0.717, 1.165) is 43.8 Å². The Morgan fingerprint density at radius 1 is 1.30 bits per heavy atom. The van der Waals surface area contributed by atoms with Crippen LogP contribution in [0, 0.1) is 5.92 Å².